The van der Waals surface area contributed by atoms with Gasteiger partial charge in [-0.2, -0.15) is 5.10 Å². The van der Waals surface area contributed by atoms with E-state index in [1.807, 2.05) is 0 Å². The van der Waals surface area contributed by atoms with Crippen LogP contribution < -0.4 is 10.2 Å². The summed E-state index contributed by atoms with van der Waals surface area (Å²) in [5.74, 6) is -4.28. The van der Waals surface area contributed by atoms with E-state index in [2.05, 4.69) is 15.1 Å². The van der Waals surface area contributed by atoms with Crippen LogP contribution in [-0.4, -0.2) is 49.6 Å². The molecular formula is C22H23N7O. The molecule has 5 rings (SSSR count). The molecule has 8 heteroatoms. The normalized spacial score (nSPS) is 34.1. The van der Waals surface area contributed by atoms with Gasteiger partial charge < -0.3 is 15.2 Å². The Morgan fingerprint density at radius 2 is 2.20 bits per heavy atom. The number of H-pyrrole nitrogens is 1. The van der Waals surface area contributed by atoms with Crippen LogP contribution in [0.5, 0.6) is 0 Å². The third-order valence-corrected chi connectivity index (χ3v) is 3.72. The van der Waals surface area contributed by atoms with Gasteiger partial charge in [0.05, 0.1) is 30.4 Å². The number of nitrogens with one attached hydrogen (secondary N) is 2. The number of aromatic amines is 1. The van der Waals surface area contributed by atoms with Crippen molar-refractivity contribution in [3.8, 4) is 22.5 Å². The predicted octanol–water partition coefficient (Wildman–Crippen LogP) is 2.71. The monoisotopic (exact) mass is 424 g/mol. The van der Waals surface area contributed by atoms with E-state index in [0.717, 1.165) is 0 Å². The zero-order valence-electron chi connectivity index (χ0n) is 37.5. The Morgan fingerprint density at radius 1 is 1.37 bits per heavy atom. The molecule has 0 spiro atoms. The van der Waals surface area contributed by atoms with Crippen LogP contribution in [0.2, 0.25) is 2.82 Å². The largest absolute Gasteiger partial charge is 0.356 e. The number of carbonyl (C=O) groups is 1. The molecule has 1 aromatic carbocycles. The average Bonchev–Trinajstić information content (AvgIpc) is 3.53. The fourth-order valence-corrected chi connectivity index (χ4v) is 2.46. The van der Waals surface area contributed by atoms with Crippen molar-refractivity contribution in [2.45, 2.75) is 18.8 Å². The van der Waals surface area contributed by atoms with E-state index in [1.54, 1.807) is 0 Å². The summed E-state index contributed by atoms with van der Waals surface area (Å²) in [6, 6.07) is -10.1. The first-order valence-electron chi connectivity index (χ1n) is 19.4. The molecule has 0 radical (unpaired) electrons. The highest BCUT2D eigenvalue weighted by Gasteiger charge is 2.27. The first-order chi connectivity index (χ1) is 23.9. The first kappa shape index (κ1) is 5.94. The summed E-state index contributed by atoms with van der Waals surface area (Å²) in [6.45, 7) is -11.5. The number of anilines is 1. The molecule has 4 heterocycles. The third kappa shape index (κ3) is 3.41. The van der Waals surface area contributed by atoms with E-state index < -0.39 is 139 Å². The van der Waals surface area contributed by atoms with Gasteiger partial charge in [-0.1, -0.05) is 18.1 Å². The van der Waals surface area contributed by atoms with Gasteiger partial charge >= 0.3 is 0 Å². The zero-order chi connectivity index (χ0) is 40.7. The number of nitrogens with zero attached hydrogens (tertiary/aromatic N) is 5. The van der Waals surface area contributed by atoms with E-state index in [1.165, 1.54) is 0 Å². The van der Waals surface area contributed by atoms with Gasteiger partial charge in [0.15, 0.2) is 2.82 Å². The Kier molecular flexibility index (Phi) is 1.51. The number of benzene rings is 1. The minimum Gasteiger partial charge on any atom is -0.356 e. The highest BCUT2D eigenvalue weighted by atomic mass is 16.1. The maximum atomic E-state index is 13.6. The molecule has 1 amide bonds. The van der Waals surface area contributed by atoms with Crippen molar-refractivity contribution in [3.05, 3.63) is 60.6 Å². The standard InChI is InChI=1S/C22H23N7O/c1-28-13-16(11-26-28)18-12-23-20-19(18)21(25-14-24-20)29-9-7-17(8-10-29)27-22(30)15-5-3-2-4-6-15/h2-6,11-14,17H,7-10H2,1H3,(H,27,30)(H,23,24,25)/i1D3,2D,3D,4D,5D,6D,7D2,8D2,9D2,10D2,11D,12D,13D,14D,17D/hD2. The van der Waals surface area contributed by atoms with E-state index in [-0.39, 0.29) is 14.6 Å². The van der Waals surface area contributed by atoms with Gasteiger partial charge in [-0.05, 0) is 24.8 Å². The molecule has 3 aliphatic heterocycles. The molecule has 3 aliphatic rings. The molecule has 30 heavy (non-hydrogen) atoms. The lowest BCUT2D eigenvalue weighted by molar-refractivity contribution is 0.0931. The molecule has 1 aromatic heterocycles. The molecule has 0 atom stereocenters. The van der Waals surface area contributed by atoms with Gasteiger partial charge in [0, 0.05) is 70.1 Å². The second-order valence-electron chi connectivity index (χ2n) is 5.53. The first-order valence-corrected chi connectivity index (χ1v) is 8.03. The Bertz CT molecular complexity index is 2120. The highest BCUT2D eigenvalue weighted by Crippen LogP contribution is 2.38. The van der Waals surface area contributed by atoms with Crippen molar-refractivity contribution < 1.29 is 36.4 Å². The zero-order valence-corrected chi connectivity index (χ0v) is 14.5. The number of hydrogen-bond donors (Lipinski definition) is 2. The summed E-state index contributed by atoms with van der Waals surface area (Å²) < 4.78 is 192. The Hall–Kier alpha value is -3.68. The van der Waals surface area contributed by atoms with Crippen molar-refractivity contribution in [1.82, 2.24) is 30.0 Å². The summed E-state index contributed by atoms with van der Waals surface area (Å²) in [5, 5.41) is 2.58. The molecule has 0 aliphatic carbocycles. The van der Waals surface area contributed by atoms with Gasteiger partial charge in [-0.3, -0.25) is 9.48 Å². The Balaban J connectivity index is 1.83. The van der Waals surface area contributed by atoms with E-state index in [4.69, 9.17) is 31.6 Å². The van der Waals surface area contributed by atoms with Crippen molar-refractivity contribution in [1.29, 1.82) is 0 Å². The van der Waals surface area contributed by atoms with Gasteiger partial charge in [-0.15, -0.1) is 0 Å². The second kappa shape index (κ2) is 7.62. The fourth-order valence-electron chi connectivity index (χ4n) is 2.46. The van der Waals surface area contributed by atoms with E-state index in [9.17, 15) is 4.79 Å². The maximum absolute atomic E-state index is 13.6. The molecule has 0 unspecified atom stereocenters. The van der Waals surface area contributed by atoms with Gasteiger partial charge in [0.1, 0.15) is 13.0 Å². The number of hydrogen-bond acceptors (Lipinski definition) is 5. The number of aromatic nitrogens is 5. The Labute approximate surface area is 206 Å². The van der Waals surface area contributed by atoms with Crippen molar-refractivity contribution >= 4 is 11.7 Å². The number of amides is 1. The lowest BCUT2D eigenvalue weighted by atomic mass is 10.0. The average molecular weight is 425 g/mol. The molecule has 0 bridgehead atoms. The molecule has 1 fully saturated rings. The van der Waals surface area contributed by atoms with Gasteiger partial charge in [-0.25, -0.2) is 9.97 Å². The lowest BCUT2D eigenvalue weighted by Gasteiger charge is -2.34. The number of piperidine rings is 1. The summed E-state index contributed by atoms with van der Waals surface area (Å²) >= 11 is 0. The third-order valence-electron chi connectivity index (χ3n) is 3.72. The number of rotatable bonds is 4. The quantitative estimate of drug-likeness (QED) is 0.526. The van der Waals surface area contributed by atoms with E-state index >= 15 is 0 Å². The van der Waals surface area contributed by atoms with Crippen molar-refractivity contribution in [2.75, 3.05) is 17.9 Å². The van der Waals surface area contributed by atoms with Crippen LogP contribution in [-0.2, 0) is 6.98 Å². The molecule has 8 nitrogen and oxygen atoms in total. The predicted molar refractivity (Wildman–Crippen MR) is 114 cm³/mol. The molecule has 152 valence electrons. The summed E-state index contributed by atoms with van der Waals surface area (Å²) in [5.41, 5.74) is -3.88. The van der Waals surface area contributed by atoms with Crippen molar-refractivity contribution in [2.24, 2.45) is 6.98 Å². The molecule has 1 saturated heterocycles. The molecule has 0 saturated carbocycles. The van der Waals surface area contributed by atoms with Crippen LogP contribution in [0.3, 0.4) is 0 Å². The maximum Gasteiger partial charge on any atom is 0.251 e. The second-order valence-corrected chi connectivity index (χ2v) is 5.53. The number of fused-ring (bicyclic) bond motifs is 1. The minimum atomic E-state index is -4.35. The van der Waals surface area contributed by atoms with Crippen molar-refractivity contribution in [3.63, 3.8) is 0 Å². The van der Waals surface area contributed by atoms with Crippen LogP contribution in [0.1, 0.15) is 51.9 Å². The smallest absolute Gasteiger partial charge is 0.251 e. The minimum absolute atomic E-state index is 0.0874. The van der Waals surface area contributed by atoms with Crippen LogP contribution in [0, 0.1) is 0 Å². The van der Waals surface area contributed by atoms with Gasteiger partial charge in [0.2, 0.25) is 0 Å². The van der Waals surface area contributed by atoms with Gasteiger partial charge in [0.25, 0.3) is 5.91 Å². The molecule has 2 N–H and O–H groups in total. The van der Waals surface area contributed by atoms with Crippen LogP contribution in [0.15, 0.2) is 55.0 Å². The van der Waals surface area contributed by atoms with E-state index in [0.29, 0.717) is 0 Å². The molecule has 2 aromatic rings. The summed E-state index contributed by atoms with van der Waals surface area (Å²) in [7, 11) is 0. The summed E-state index contributed by atoms with van der Waals surface area (Å²) in [4.78, 5) is 20.8. The number of aryl methyl sites for hydroxylation is 1. The number of carbonyl (C=O) groups excluding carboxylic acids is 1. The SMILES string of the molecule is [2H]c1nc2n([2H])c([2H])nc(N3C([2H])([2H])C([2H])([2H])C([2H])(N([2H])C(=O)c4c([2H])c([2H])c([2H])c([2H])c4[2H])C([2H])([2H])C3([2H])[2H])c-2c1-c1c([2H])nn(C([2H])([2H])[2H])c1[2H]. The molecular weight excluding hydrogens is 378 g/mol. The van der Waals surface area contributed by atoms with Crippen LogP contribution >= 0.6 is 0 Å². The van der Waals surface area contributed by atoms with Crippen LogP contribution in [0.25, 0.3) is 22.5 Å². The fraction of sp³-hybridized carbons (Fsp3) is 0.273. The topological polar surface area (TPSA) is 91.7 Å². The lowest BCUT2D eigenvalue weighted by Crippen LogP contribution is -2.45. The summed E-state index contributed by atoms with van der Waals surface area (Å²) in [6.07, 6.45) is -12.9. The Morgan fingerprint density at radius 3 is 2.97 bits per heavy atom. The highest BCUT2D eigenvalue weighted by molar-refractivity contribution is 5.94. The van der Waals surface area contributed by atoms with Crippen LogP contribution in [0.4, 0.5) is 5.82 Å².